The van der Waals surface area contributed by atoms with E-state index in [1.165, 1.54) is 5.56 Å². The van der Waals surface area contributed by atoms with E-state index in [1.807, 2.05) is 12.1 Å². The van der Waals surface area contributed by atoms with Crippen LogP contribution in [0.4, 0.5) is 4.39 Å². The summed E-state index contributed by atoms with van der Waals surface area (Å²) in [6.07, 6.45) is 3.78. The van der Waals surface area contributed by atoms with Gasteiger partial charge in [0.05, 0.1) is 5.02 Å². The first-order valence-electron chi connectivity index (χ1n) is 7.38. The highest BCUT2D eigenvalue weighted by molar-refractivity contribution is 7.07. The van der Waals surface area contributed by atoms with Crippen LogP contribution < -0.4 is 5.32 Å². The summed E-state index contributed by atoms with van der Waals surface area (Å²) in [7, 11) is 0. The highest BCUT2D eigenvalue weighted by atomic mass is 35.5. The Morgan fingerprint density at radius 2 is 2.19 bits per heavy atom. The number of aryl methyl sites for hydroxylation is 1. The maximum atomic E-state index is 14.0. The fourth-order valence-electron chi connectivity index (χ4n) is 2.37. The van der Waals surface area contributed by atoms with Crippen LogP contribution in [0.3, 0.4) is 0 Å². The number of thiophene rings is 1. The molecular formula is C17H21ClFNS. The number of halogens is 2. The van der Waals surface area contributed by atoms with Gasteiger partial charge in [0, 0.05) is 6.04 Å². The minimum absolute atomic E-state index is 0.208. The summed E-state index contributed by atoms with van der Waals surface area (Å²) in [5.41, 5.74) is 2.05. The first-order valence-corrected chi connectivity index (χ1v) is 8.70. The van der Waals surface area contributed by atoms with Crippen molar-refractivity contribution in [2.75, 3.05) is 6.54 Å². The maximum absolute atomic E-state index is 14.0. The Bertz CT molecular complexity index is 542. The van der Waals surface area contributed by atoms with E-state index in [9.17, 15) is 4.39 Å². The van der Waals surface area contributed by atoms with Crippen molar-refractivity contribution in [2.24, 2.45) is 0 Å². The zero-order valence-electron chi connectivity index (χ0n) is 12.2. The fraction of sp³-hybridized carbons (Fsp3) is 0.412. The van der Waals surface area contributed by atoms with Crippen molar-refractivity contribution in [3.63, 3.8) is 0 Å². The molecular weight excluding hydrogens is 305 g/mol. The van der Waals surface area contributed by atoms with Crippen molar-refractivity contribution in [1.82, 2.24) is 5.32 Å². The Hall–Kier alpha value is -0.900. The molecule has 0 radical (unpaired) electrons. The average Bonchev–Trinajstić information content (AvgIpc) is 2.99. The Morgan fingerprint density at radius 1 is 1.33 bits per heavy atom. The smallest absolute Gasteiger partial charge is 0.145 e. The van der Waals surface area contributed by atoms with Gasteiger partial charge in [-0.2, -0.15) is 11.3 Å². The van der Waals surface area contributed by atoms with Gasteiger partial charge in [-0.15, -0.1) is 0 Å². The van der Waals surface area contributed by atoms with Crippen LogP contribution in [0, 0.1) is 5.82 Å². The third-order valence-corrected chi connectivity index (χ3v) is 4.57. The SMILES string of the molecule is CCCNC(CCc1ccsc1)Cc1cccc(Cl)c1F. The lowest BCUT2D eigenvalue weighted by Gasteiger charge is -2.19. The fourth-order valence-corrected chi connectivity index (χ4v) is 3.27. The molecule has 2 aromatic rings. The zero-order valence-corrected chi connectivity index (χ0v) is 13.8. The number of benzene rings is 1. The van der Waals surface area contributed by atoms with E-state index in [2.05, 4.69) is 29.1 Å². The van der Waals surface area contributed by atoms with Crippen LogP contribution in [0.2, 0.25) is 5.02 Å². The predicted molar refractivity (Wildman–Crippen MR) is 89.8 cm³/mol. The lowest BCUT2D eigenvalue weighted by atomic mass is 9.99. The molecule has 0 aliphatic carbocycles. The second-order valence-corrected chi connectivity index (χ2v) is 6.43. The Morgan fingerprint density at radius 3 is 2.90 bits per heavy atom. The molecule has 1 nitrogen and oxygen atoms in total. The molecule has 0 fully saturated rings. The third kappa shape index (κ3) is 5.10. The van der Waals surface area contributed by atoms with Crippen molar-refractivity contribution >= 4 is 22.9 Å². The molecule has 1 heterocycles. The number of hydrogen-bond donors (Lipinski definition) is 1. The highest BCUT2D eigenvalue weighted by Gasteiger charge is 2.13. The zero-order chi connectivity index (χ0) is 15.1. The minimum Gasteiger partial charge on any atom is -0.314 e. The van der Waals surface area contributed by atoms with Gasteiger partial charge in [-0.3, -0.25) is 0 Å². The molecule has 0 saturated carbocycles. The highest BCUT2D eigenvalue weighted by Crippen LogP contribution is 2.20. The van der Waals surface area contributed by atoms with Crippen LogP contribution in [0.5, 0.6) is 0 Å². The van der Waals surface area contributed by atoms with Gasteiger partial charge in [-0.05, 0) is 66.2 Å². The molecule has 1 unspecified atom stereocenters. The van der Waals surface area contributed by atoms with Crippen molar-refractivity contribution in [3.8, 4) is 0 Å². The summed E-state index contributed by atoms with van der Waals surface area (Å²) >= 11 is 7.59. The maximum Gasteiger partial charge on any atom is 0.145 e. The van der Waals surface area contributed by atoms with Gasteiger partial charge in [0.15, 0.2) is 0 Å². The summed E-state index contributed by atoms with van der Waals surface area (Å²) in [6, 6.07) is 7.67. The van der Waals surface area contributed by atoms with E-state index >= 15 is 0 Å². The van der Waals surface area contributed by atoms with Crippen molar-refractivity contribution in [2.45, 2.75) is 38.6 Å². The Balaban J connectivity index is 1.99. The number of nitrogens with one attached hydrogen (secondary N) is 1. The molecule has 1 aromatic carbocycles. The molecule has 4 heteroatoms. The predicted octanol–water partition coefficient (Wildman–Crippen LogP) is 5.08. The van der Waals surface area contributed by atoms with Crippen LogP contribution >= 0.6 is 22.9 Å². The Labute approximate surface area is 135 Å². The summed E-state index contributed by atoms with van der Waals surface area (Å²) in [6.45, 7) is 3.10. The molecule has 0 aliphatic rings. The first-order chi connectivity index (χ1) is 10.2. The normalized spacial score (nSPS) is 12.5. The van der Waals surface area contributed by atoms with Gasteiger partial charge >= 0.3 is 0 Å². The lowest BCUT2D eigenvalue weighted by Crippen LogP contribution is -2.32. The second kappa shape index (κ2) is 8.52. The van der Waals surface area contributed by atoms with Crippen molar-refractivity contribution < 1.29 is 4.39 Å². The molecule has 0 saturated heterocycles. The molecule has 0 amide bonds. The molecule has 0 bridgehead atoms. The van der Waals surface area contributed by atoms with E-state index < -0.39 is 0 Å². The monoisotopic (exact) mass is 325 g/mol. The quantitative estimate of drug-likeness (QED) is 0.713. The largest absolute Gasteiger partial charge is 0.314 e. The van der Waals surface area contributed by atoms with E-state index in [-0.39, 0.29) is 16.9 Å². The first kappa shape index (κ1) is 16.5. The van der Waals surface area contributed by atoms with Crippen LogP contribution in [-0.2, 0) is 12.8 Å². The summed E-state index contributed by atoms with van der Waals surface area (Å²) < 4.78 is 14.0. The van der Waals surface area contributed by atoms with E-state index in [0.717, 1.165) is 25.8 Å². The standard InChI is InChI=1S/C17H21ClFNS/c1-2-9-20-15(7-6-13-8-10-21-12-13)11-14-4-3-5-16(18)17(14)19/h3-5,8,10,12,15,20H,2,6-7,9,11H2,1H3. The summed E-state index contributed by atoms with van der Waals surface area (Å²) in [4.78, 5) is 0. The van der Waals surface area contributed by atoms with Gasteiger partial charge in [-0.25, -0.2) is 4.39 Å². The van der Waals surface area contributed by atoms with Crippen LogP contribution in [0.15, 0.2) is 35.0 Å². The molecule has 1 N–H and O–H groups in total. The van der Waals surface area contributed by atoms with Crippen LogP contribution in [-0.4, -0.2) is 12.6 Å². The van der Waals surface area contributed by atoms with E-state index in [4.69, 9.17) is 11.6 Å². The van der Waals surface area contributed by atoms with Crippen molar-refractivity contribution in [1.29, 1.82) is 0 Å². The van der Waals surface area contributed by atoms with Gasteiger partial charge in [-0.1, -0.05) is 30.7 Å². The topological polar surface area (TPSA) is 12.0 Å². The van der Waals surface area contributed by atoms with Gasteiger partial charge in [0.25, 0.3) is 0 Å². The van der Waals surface area contributed by atoms with Crippen LogP contribution in [0.25, 0.3) is 0 Å². The average molecular weight is 326 g/mol. The molecule has 0 aliphatic heterocycles. The summed E-state index contributed by atoms with van der Waals surface area (Å²) in [5, 5.41) is 8.00. The van der Waals surface area contributed by atoms with Gasteiger partial charge < -0.3 is 5.32 Å². The number of rotatable bonds is 8. The minimum atomic E-state index is -0.280. The van der Waals surface area contributed by atoms with Crippen molar-refractivity contribution in [3.05, 3.63) is 57.0 Å². The molecule has 0 spiro atoms. The molecule has 114 valence electrons. The molecule has 2 rings (SSSR count). The molecule has 1 atom stereocenters. The second-order valence-electron chi connectivity index (χ2n) is 5.24. The molecule has 21 heavy (non-hydrogen) atoms. The van der Waals surface area contributed by atoms with Crippen LogP contribution in [0.1, 0.15) is 30.9 Å². The lowest BCUT2D eigenvalue weighted by molar-refractivity contribution is 0.468. The van der Waals surface area contributed by atoms with Gasteiger partial charge in [0.2, 0.25) is 0 Å². The van der Waals surface area contributed by atoms with E-state index in [1.54, 1.807) is 17.4 Å². The summed E-state index contributed by atoms with van der Waals surface area (Å²) in [5.74, 6) is -0.280. The van der Waals surface area contributed by atoms with E-state index in [0.29, 0.717) is 12.0 Å². The Kier molecular flexibility index (Phi) is 6.68. The van der Waals surface area contributed by atoms with Gasteiger partial charge in [0.1, 0.15) is 5.82 Å². The third-order valence-electron chi connectivity index (χ3n) is 3.54. The number of hydrogen-bond acceptors (Lipinski definition) is 2. The molecule has 1 aromatic heterocycles.